The number of ether oxygens (including phenoxy) is 2. The molecule has 0 fully saturated rings. The molecule has 5 nitrogen and oxygen atoms in total. The van der Waals surface area contributed by atoms with Gasteiger partial charge in [0.2, 0.25) is 0 Å². The molecule has 2 rings (SSSR count). The Bertz CT molecular complexity index is 716. The summed E-state index contributed by atoms with van der Waals surface area (Å²) in [6, 6.07) is 14.7. The Kier molecular flexibility index (Phi) is 6.05. The highest BCUT2D eigenvalue weighted by Gasteiger charge is 2.07. The van der Waals surface area contributed by atoms with Gasteiger partial charge in [-0.15, -0.1) is 0 Å². The molecule has 0 saturated carbocycles. The normalized spacial score (nSPS) is 11.1. The molecule has 0 amide bonds. The van der Waals surface area contributed by atoms with Crippen LogP contribution in [0.1, 0.15) is 15.9 Å². The molecule has 0 radical (unpaired) electrons. The quantitative estimate of drug-likeness (QED) is 0.517. The van der Waals surface area contributed by atoms with E-state index in [4.69, 9.17) is 15.2 Å². The lowest BCUT2D eigenvalue weighted by Crippen LogP contribution is -2.07. The summed E-state index contributed by atoms with van der Waals surface area (Å²) in [5, 5.41) is 0.429. The number of hydrogen-bond donors (Lipinski definition) is 1. The van der Waals surface area contributed by atoms with Crippen LogP contribution in [-0.2, 0) is 10.5 Å². The lowest BCUT2D eigenvalue weighted by atomic mass is 10.1. The highest BCUT2D eigenvalue weighted by Crippen LogP contribution is 2.27. The van der Waals surface area contributed by atoms with Crippen LogP contribution in [0.5, 0.6) is 5.75 Å². The maximum absolute atomic E-state index is 11.5. The van der Waals surface area contributed by atoms with E-state index in [1.54, 1.807) is 19.2 Å². The van der Waals surface area contributed by atoms with Crippen LogP contribution < -0.4 is 10.5 Å². The van der Waals surface area contributed by atoms with E-state index in [2.05, 4.69) is 4.99 Å². The molecule has 0 saturated heterocycles. The second kappa shape index (κ2) is 8.24. The fourth-order valence-corrected chi connectivity index (χ4v) is 2.59. The smallest absolute Gasteiger partial charge is 0.337 e. The fourth-order valence-electron chi connectivity index (χ4n) is 1.94. The van der Waals surface area contributed by atoms with Gasteiger partial charge in [0.1, 0.15) is 11.4 Å². The van der Waals surface area contributed by atoms with Crippen LogP contribution in [0.25, 0.3) is 0 Å². The molecule has 0 heterocycles. The summed E-state index contributed by atoms with van der Waals surface area (Å²) in [4.78, 5) is 15.9. The zero-order valence-corrected chi connectivity index (χ0v) is 13.8. The molecule has 0 aromatic heterocycles. The van der Waals surface area contributed by atoms with Crippen LogP contribution in [0.4, 0.5) is 5.69 Å². The van der Waals surface area contributed by atoms with Crippen molar-refractivity contribution in [1.82, 2.24) is 0 Å². The van der Waals surface area contributed by atoms with Gasteiger partial charge in [-0.05, 0) is 29.8 Å². The van der Waals surface area contributed by atoms with Gasteiger partial charge < -0.3 is 15.2 Å². The highest BCUT2D eigenvalue weighted by atomic mass is 32.2. The van der Waals surface area contributed by atoms with Crippen molar-refractivity contribution in [1.29, 1.82) is 0 Å². The molecule has 0 aliphatic carbocycles. The maximum Gasteiger partial charge on any atom is 0.337 e. The van der Waals surface area contributed by atoms with Crippen molar-refractivity contribution < 1.29 is 14.3 Å². The minimum Gasteiger partial charge on any atom is -0.494 e. The van der Waals surface area contributed by atoms with E-state index in [0.717, 1.165) is 5.56 Å². The Labute approximate surface area is 139 Å². The monoisotopic (exact) mass is 330 g/mol. The standard InChI is InChI=1S/C17H18N2O3S/c1-21-15-9-4-3-8-14(15)19-17(18)23-11-12-6-5-7-13(10-12)16(20)22-2/h3-10H,11H2,1-2H3,(H2,18,19). The summed E-state index contributed by atoms with van der Waals surface area (Å²) in [5.41, 5.74) is 8.14. The lowest BCUT2D eigenvalue weighted by molar-refractivity contribution is 0.0600. The zero-order chi connectivity index (χ0) is 16.7. The van der Waals surface area contributed by atoms with Gasteiger partial charge in [0.05, 0.1) is 19.8 Å². The van der Waals surface area contributed by atoms with Gasteiger partial charge in [-0.3, -0.25) is 0 Å². The van der Waals surface area contributed by atoms with Crippen molar-refractivity contribution in [2.75, 3.05) is 14.2 Å². The number of nitrogens with zero attached hydrogens (tertiary/aromatic N) is 1. The number of amidine groups is 1. The van der Waals surface area contributed by atoms with E-state index in [1.807, 2.05) is 36.4 Å². The van der Waals surface area contributed by atoms with E-state index in [9.17, 15) is 4.79 Å². The maximum atomic E-state index is 11.5. The fraction of sp³-hybridized carbons (Fsp3) is 0.176. The Balaban J connectivity index is 2.05. The molecule has 2 aromatic carbocycles. The van der Waals surface area contributed by atoms with Crippen molar-refractivity contribution in [3.63, 3.8) is 0 Å². The Hall–Kier alpha value is -2.47. The van der Waals surface area contributed by atoms with Gasteiger partial charge in [-0.1, -0.05) is 36.0 Å². The third kappa shape index (κ3) is 4.75. The SMILES string of the molecule is COC(=O)c1cccc(CSC(N)=Nc2ccccc2OC)c1. The second-order valence-electron chi connectivity index (χ2n) is 4.60. The van der Waals surface area contributed by atoms with E-state index < -0.39 is 0 Å². The molecule has 0 unspecified atom stereocenters. The number of thioether (sulfide) groups is 1. The zero-order valence-electron chi connectivity index (χ0n) is 13.0. The number of hydrogen-bond acceptors (Lipinski definition) is 5. The van der Waals surface area contributed by atoms with Gasteiger partial charge in [0.15, 0.2) is 5.17 Å². The molecular formula is C17H18N2O3S. The number of esters is 1. The van der Waals surface area contributed by atoms with Crippen molar-refractivity contribution in [2.45, 2.75) is 5.75 Å². The minimum absolute atomic E-state index is 0.354. The van der Waals surface area contributed by atoms with Crippen LogP contribution in [-0.4, -0.2) is 25.4 Å². The van der Waals surface area contributed by atoms with Gasteiger partial charge in [0, 0.05) is 5.75 Å². The number of rotatable bonds is 5. The molecule has 0 bridgehead atoms. The van der Waals surface area contributed by atoms with Gasteiger partial charge in [-0.25, -0.2) is 9.79 Å². The number of para-hydroxylation sites is 2. The molecule has 0 spiro atoms. The summed E-state index contributed by atoms with van der Waals surface area (Å²) in [5.74, 6) is 0.922. The number of nitrogens with two attached hydrogens (primary N) is 1. The number of aliphatic imine (C=N–C) groups is 1. The summed E-state index contributed by atoms with van der Waals surface area (Å²) in [6.45, 7) is 0. The number of methoxy groups -OCH3 is 2. The summed E-state index contributed by atoms with van der Waals surface area (Å²) in [7, 11) is 2.96. The van der Waals surface area contributed by atoms with Gasteiger partial charge in [0.25, 0.3) is 0 Å². The molecule has 6 heteroatoms. The van der Waals surface area contributed by atoms with E-state index >= 15 is 0 Å². The van der Waals surface area contributed by atoms with E-state index in [1.165, 1.54) is 18.9 Å². The molecular weight excluding hydrogens is 312 g/mol. The van der Waals surface area contributed by atoms with Crippen LogP contribution in [0.3, 0.4) is 0 Å². The van der Waals surface area contributed by atoms with Crippen molar-refractivity contribution in [2.24, 2.45) is 10.7 Å². The van der Waals surface area contributed by atoms with Crippen molar-refractivity contribution >= 4 is 28.6 Å². The third-order valence-electron chi connectivity index (χ3n) is 3.05. The Morgan fingerprint density at radius 2 is 1.96 bits per heavy atom. The molecule has 0 aliphatic rings. The molecule has 120 valence electrons. The third-order valence-corrected chi connectivity index (χ3v) is 3.92. The average molecular weight is 330 g/mol. The summed E-state index contributed by atoms with van der Waals surface area (Å²) < 4.78 is 9.95. The molecule has 2 N–H and O–H groups in total. The Morgan fingerprint density at radius 1 is 1.17 bits per heavy atom. The van der Waals surface area contributed by atoms with Crippen LogP contribution in [0.15, 0.2) is 53.5 Å². The molecule has 2 aromatic rings. The van der Waals surface area contributed by atoms with Gasteiger partial charge in [-0.2, -0.15) is 0 Å². The Morgan fingerprint density at radius 3 is 2.70 bits per heavy atom. The summed E-state index contributed by atoms with van der Waals surface area (Å²) >= 11 is 1.39. The lowest BCUT2D eigenvalue weighted by Gasteiger charge is -2.06. The first-order valence-electron chi connectivity index (χ1n) is 6.91. The highest BCUT2D eigenvalue weighted by molar-refractivity contribution is 8.13. The average Bonchev–Trinajstić information content (AvgIpc) is 2.60. The molecule has 0 aliphatic heterocycles. The van der Waals surface area contributed by atoms with Crippen LogP contribution in [0, 0.1) is 0 Å². The topological polar surface area (TPSA) is 73.9 Å². The minimum atomic E-state index is -0.354. The van der Waals surface area contributed by atoms with Crippen molar-refractivity contribution in [3.8, 4) is 5.75 Å². The molecule has 23 heavy (non-hydrogen) atoms. The summed E-state index contributed by atoms with van der Waals surface area (Å²) in [6.07, 6.45) is 0. The van der Waals surface area contributed by atoms with E-state index in [0.29, 0.717) is 27.9 Å². The molecule has 0 atom stereocenters. The first-order valence-corrected chi connectivity index (χ1v) is 7.90. The first-order chi connectivity index (χ1) is 11.1. The largest absolute Gasteiger partial charge is 0.494 e. The number of carbonyl (C=O) groups is 1. The number of carbonyl (C=O) groups excluding carboxylic acids is 1. The predicted octanol–water partition coefficient (Wildman–Crippen LogP) is 3.36. The predicted molar refractivity (Wildman–Crippen MR) is 93.4 cm³/mol. The van der Waals surface area contributed by atoms with E-state index in [-0.39, 0.29) is 5.97 Å². The number of benzene rings is 2. The van der Waals surface area contributed by atoms with Crippen molar-refractivity contribution in [3.05, 3.63) is 59.7 Å². The second-order valence-corrected chi connectivity index (χ2v) is 5.60. The van der Waals surface area contributed by atoms with Crippen LogP contribution in [0.2, 0.25) is 0 Å². The van der Waals surface area contributed by atoms with Crippen LogP contribution >= 0.6 is 11.8 Å². The van der Waals surface area contributed by atoms with Gasteiger partial charge >= 0.3 is 5.97 Å². The first kappa shape index (κ1) is 16.9.